The first kappa shape index (κ1) is 16.1. The third-order valence-electron chi connectivity index (χ3n) is 3.33. The van der Waals surface area contributed by atoms with Crippen LogP contribution in [-0.2, 0) is 11.3 Å². The van der Waals surface area contributed by atoms with Crippen molar-refractivity contribution in [3.63, 3.8) is 0 Å². The van der Waals surface area contributed by atoms with Gasteiger partial charge in [-0.2, -0.15) is 0 Å². The van der Waals surface area contributed by atoms with Crippen molar-refractivity contribution >= 4 is 0 Å². The summed E-state index contributed by atoms with van der Waals surface area (Å²) in [6.45, 7) is 9.43. The summed E-state index contributed by atoms with van der Waals surface area (Å²) in [4.78, 5) is 0. The summed E-state index contributed by atoms with van der Waals surface area (Å²) in [7, 11) is 0. The first-order valence-electron chi connectivity index (χ1n) is 7.76. The molecule has 1 aliphatic rings. The molecule has 0 spiro atoms. The number of hydrogen-bond acceptors (Lipinski definition) is 4. The van der Waals surface area contributed by atoms with Gasteiger partial charge in [0.15, 0.2) is 11.5 Å². The Balaban J connectivity index is 1.52. The Kier molecular flexibility index (Phi) is 5.88. The van der Waals surface area contributed by atoms with Crippen molar-refractivity contribution in [2.45, 2.75) is 52.2 Å². The van der Waals surface area contributed by atoms with E-state index in [9.17, 15) is 0 Å². The van der Waals surface area contributed by atoms with E-state index < -0.39 is 0 Å². The normalized spacial score (nSPS) is 13.7. The predicted molar refractivity (Wildman–Crippen MR) is 83.8 cm³/mol. The van der Waals surface area contributed by atoms with Crippen molar-refractivity contribution in [2.24, 2.45) is 0 Å². The van der Waals surface area contributed by atoms with Gasteiger partial charge in [0, 0.05) is 12.1 Å². The Hall–Kier alpha value is -1.26. The minimum absolute atomic E-state index is 0.218. The SMILES string of the molecule is CC(C)(C)NCCCCCOCc1ccc2c(c1)OCO2. The van der Waals surface area contributed by atoms with Crippen molar-refractivity contribution < 1.29 is 14.2 Å². The number of hydrogen-bond donors (Lipinski definition) is 1. The van der Waals surface area contributed by atoms with Gasteiger partial charge in [0.1, 0.15) is 0 Å². The second kappa shape index (κ2) is 7.66. The summed E-state index contributed by atoms with van der Waals surface area (Å²) in [5, 5.41) is 3.50. The molecule has 0 saturated heterocycles. The van der Waals surface area contributed by atoms with Crippen LogP contribution in [0, 0.1) is 0 Å². The van der Waals surface area contributed by atoms with Crippen molar-refractivity contribution in [3.8, 4) is 11.5 Å². The lowest BCUT2D eigenvalue weighted by atomic mass is 10.1. The number of benzene rings is 1. The quantitative estimate of drug-likeness (QED) is 0.745. The van der Waals surface area contributed by atoms with Gasteiger partial charge >= 0.3 is 0 Å². The number of fused-ring (bicyclic) bond motifs is 1. The summed E-state index contributed by atoms with van der Waals surface area (Å²) < 4.78 is 16.4. The highest BCUT2D eigenvalue weighted by atomic mass is 16.7. The van der Waals surface area contributed by atoms with E-state index >= 15 is 0 Å². The van der Waals surface area contributed by atoms with Crippen LogP contribution < -0.4 is 14.8 Å². The van der Waals surface area contributed by atoms with Gasteiger partial charge in [0.05, 0.1) is 6.61 Å². The van der Waals surface area contributed by atoms with Crippen LogP contribution in [0.2, 0.25) is 0 Å². The Morgan fingerprint density at radius 1 is 1.10 bits per heavy atom. The third-order valence-corrected chi connectivity index (χ3v) is 3.33. The molecular formula is C17H27NO3. The maximum Gasteiger partial charge on any atom is 0.231 e. The first-order valence-corrected chi connectivity index (χ1v) is 7.76. The van der Waals surface area contributed by atoms with Crippen molar-refractivity contribution in [3.05, 3.63) is 23.8 Å². The molecular weight excluding hydrogens is 266 g/mol. The zero-order valence-electron chi connectivity index (χ0n) is 13.4. The Bertz CT molecular complexity index is 440. The molecule has 0 atom stereocenters. The average molecular weight is 293 g/mol. The van der Waals surface area contributed by atoms with Crippen molar-refractivity contribution in [1.82, 2.24) is 5.32 Å². The van der Waals surface area contributed by atoms with Crippen molar-refractivity contribution in [2.75, 3.05) is 19.9 Å². The predicted octanol–water partition coefficient (Wildman–Crippen LogP) is 3.49. The first-order chi connectivity index (χ1) is 10.0. The van der Waals surface area contributed by atoms with Crippen LogP contribution >= 0.6 is 0 Å². The molecule has 0 bridgehead atoms. The van der Waals surface area contributed by atoms with Gasteiger partial charge in [-0.3, -0.25) is 0 Å². The number of rotatable bonds is 8. The van der Waals surface area contributed by atoms with E-state index in [1.165, 1.54) is 12.8 Å². The summed E-state index contributed by atoms with van der Waals surface area (Å²) in [5.74, 6) is 1.65. The average Bonchev–Trinajstić information content (AvgIpc) is 2.88. The molecule has 1 N–H and O–H groups in total. The Labute approximate surface area is 127 Å². The zero-order valence-corrected chi connectivity index (χ0v) is 13.4. The molecule has 1 aromatic carbocycles. The van der Waals surface area contributed by atoms with E-state index in [4.69, 9.17) is 14.2 Å². The van der Waals surface area contributed by atoms with E-state index in [0.29, 0.717) is 13.4 Å². The monoisotopic (exact) mass is 293 g/mol. The highest BCUT2D eigenvalue weighted by Gasteiger charge is 2.12. The summed E-state index contributed by atoms with van der Waals surface area (Å²) in [5.41, 5.74) is 1.35. The molecule has 0 aliphatic carbocycles. The van der Waals surface area contributed by atoms with Gasteiger partial charge in [0.25, 0.3) is 0 Å². The van der Waals surface area contributed by atoms with Crippen LogP contribution in [0.5, 0.6) is 11.5 Å². The second-order valence-corrected chi connectivity index (χ2v) is 6.48. The van der Waals surface area contributed by atoms with E-state index in [2.05, 4.69) is 26.1 Å². The smallest absolute Gasteiger partial charge is 0.231 e. The molecule has 4 nitrogen and oxygen atoms in total. The number of unbranched alkanes of at least 4 members (excludes halogenated alkanes) is 2. The Morgan fingerprint density at radius 2 is 1.90 bits per heavy atom. The lowest BCUT2D eigenvalue weighted by Gasteiger charge is -2.20. The number of nitrogens with one attached hydrogen (secondary N) is 1. The van der Waals surface area contributed by atoms with E-state index in [1.54, 1.807) is 0 Å². The maximum absolute atomic E-state index is 5.71. The van der Waals surface area contributed by atoms with Gasteiger partial charge in [-0.1, -0.05) is 6.07 Å². The highest BCUT2D eigenvalue weighted by molar-refractivity contribution is 5.44. The molecule has 0 amide bonds. The minimum atomic E-state index is 0.218. The number of ether oxygens (including phenoxy) is 3. The van der Waals surface area contributed by atoms with Crippen LogP contribution in [-0.4, -0.2) is 25.5 Å². The standard InChI is InChI=1S/C17H27NO3/c1-17(2,3)18-9-5-4-6-10-19-12-14-7-8-15-16(11-14)21-13-20-15/h7-8,11,18H,4-6,9-10,12-13H2,1-3H3. The molecule has 1 aromatic rings. The molecule has 0 fully saturated rings. The molecule has 1 heterocycles. The molecule has 118 valence electrons. The van der Waals surface area contributed by atoms with Crippen LogP contribution in [0.3, 0.4) is 0 Å². The van der Waals surface area contributed by atoms with E-state index in [-0.39, 0.29) is 5.54 Å². The van der Waals surface area contributed by atoms with Crippen LogP contribution in [0.15, 0.2) is 18.2 Å². The van der Waals surface area contributed by atoms with Crippen LogP contribution in [0.1, 0.15) is 45.6 Å². The minimum Gasteiger partial charge on any atom is -0.454 e. The lowest BCUT2D eigenvalue weighted by Crippen LogP contribution is -2.36. The van der Waals surface area contributed by atoms with E-state index in [1.807, 2.05) is 18.2 Å². The van der Waals surface area contributed by atoms with Gasteiger partial charge < -0.3 is 19.5 Å². The van der Waals surface area contributed by atoms with Gasteiger partial charge in [-0.05, 0) is 64.3 Å². The fourth-order valence-corrected chi connectivity index (χ4v) is 2.19. The molecule has 0 unspecified atom stereocenters. The van der Waals surface area contributed by atoms with Gasteiger partial charge in [0.2, 0.25) is 6.79 Å². The molecule has 2 rings (SSSR count). The fraction of sp³-hybridized carbons (Fsp3) is 0.647. The topological polar surface area (TPSA) is 39.7 Å². The highest BCUT2D eigenvalue weighted by Crippen LogP contribution is 2.32. The molecule has 0 saturated carbocycles. The fourth-order valence-electron chi connectivity index (χ4n) is 2.19. The molecule has 1 aliphatic heterocycles. The second-order valence-electron chi connectivity index (χ2n) is 6.48. The van der Waals surface area contributed by atoms with Gasteiger partial charge in [-0.15, -0.1) is 0 Å². The molecule has 0 radical (unpaired) electrons. The molecule has 0 aromatic heterocycles. The summed E-state index contributed by atoms with van der Waals surface area (Å²) in [6.07, 6.45) is 3.51. The largest absolute Gasteiger partial charge is 0.454 e. The summed E-state index contributed by atoms with van der Waals surface area (Å²) >= 11 is 0. The van der Waals surface area contributed by atoms with Crippen LogP contribution in [0.25, 0.3) is 0 Å². The maximum atomic E-state index is 5.71. The van der Waals surface area contributed by atoms with Crippen LogP contribution in [0.4, 0.5) is 0 Å². The van der Waals surface area contributed by atoms with Crippen molar-refractivity contribution in [1.29, 1.82) is 0 Å². The lowest BCUT2D eigenvalue weighted by molar-refractivity contribution is 0.116. The Morgan fingerprint density at radius 3 is 2.71 bits per heavy atom. The molecule has 21 heavy (non-hydrogen) atoms. The molecule has 4 heteroatoms. The van der Waals surface area contributed by atoms with Gasteiger partial charge in [-0.25, -0.2) is 0 Å². The zero-order chi connectivity index (χ0) is 15.1. The third kappa shape index (κ3) is 5.94. The van der Waals surface area contributed by atoms with E-state index in [0.717, 1.165) is 36.6 Å². The summed E-state index contributed by atoms with van der Waals surface area (Å²) in [6, 6.07) is 5.97.